The molecule has 1 heterocycles. The third-order valence-electron chi connectivity index (χ3n) is 5.67. The minimum absolute atomic E-state index is 0.0193. The van der Waals surface area contributed by atoms with E-state index in [1.807, 2.05) is 0 Å². The van der Waals surface area contributed by atoms with Crippen molar-refractivity contribution >= 4 is 35.5 Å². The number of carbonyl (C=O) groups is 6. The average Bonchev–Trinajstić information content (AvgIpc) is 3.39. The van der Waals surface area contributed by atoms with Crippen molar-refractivity contribution in [1.29, 1.82) is 0 Å². The maximum Gasteiger partial charge on any atom is 0.326 e. The second-order valence-corrected chi connectivity index (χ2v) is 8.96. The summed E-state index contributed by atoms with van der Waals surface area (Å²) in [4.78, 5) is 79.8. The zero-order chi connectivity index (χ0) is 29.8. The fraction of sp³-hybridized carbons (Fsp3) is 0.375. The lowest BCUT2D eigenvalue weighted by Gasteiger charge is -2.24. The van der Waals surface area contributed by atoms with Crippen LogP contribution in [0.15, 0.2) is 36.8 Å². The number of carbonyl (C=O) groups excluding carboxylic acids is 5. The average molecular weight is 561 g/mol. The number of hydrogen-bond donors (Lipinski definition) is 9. The van der Waals surface area contributed by atoms with Gasteiger partial charge in [-0.15, -0.1) is 0 Å². The van der Waals surface area contributed by atoms with Gasteiger partial charge in [-0.3, -0.25) is 24.0 Å². The van der Waals surface area contributed by atoms with E-state index in [1.54, 1.807) is 12.1 Å². The predicted molar refractivity (Wildman–Crippen MR) is 138 cm³/mol. The molecule has 0 bridgehead atoms. The molecule has 216 valence electrons. The number of carboxylic acids is 1. The van der Waals surface area contributed by atoms with Gasteiger partial charge in [0, 0.05) is 24.7 Å². The van der Waals surface area contributed by atoms with E-state index < -0.39 is 66.1 Å². The number of nitrogens with zero attached hydrogens (tertiary/aromatic N) is 1. The number of aromatic nitrogens is 2. The summed E-state index contributed by atoms with van der Waals surface area (Å²) in [5.74, 6) is -5.85. The second-order valence-electron chi connectivity index (χ2n) is 8.96. The van der Waals surface area contributed by atoms with Gasteiger partial charge in [-0.25, -0.2) is 9.78 Å². The monoisotopic (exact) mass is 560 g/mol. The molecular weight excluding hydrogens is 528 g/mol. The normalized spacial score (nSPS) is 13.7. The third-order valence-corrected chi connectivity index (χ3v) is 5.67. The molecule has 2 rings (SSSR count). The molecule has 0 aliphatic rings. The summed E-state index contributed by atoms with van der Waals surface area (Å²) in [6, 6.07) is 0.348. The first-order chi connectivity index (χ1) is 18.8. The Morgan fingerprint density at radius 1 is 0.850 bits per heavy atom. The van der Waals surface area contributed by atoms with E-state index in [2.05, 4.69) is 25.9 Å². The fourth-order valence-electron chi connectivity index (χ4n) is 3.58. The number of phenols is 1. The zero-order valence-corrected chi connectivity index (χ0v) is 21.3. The van der Waals surface area contributed by atoms with E-state index in [-0.39, 0.29) is 31.4 Å². The Morgan fingerprint density at radius 2 is 1.45 bits per heavy atom. The Hall–Kier alpha value is -4.99. The van der Waals surface area contributed by atoms with Gasteiger partial charge in [-0.2, -0.15) is 0 Å². The summed E-state index contributed by atoms with van der Waals surface area (Å²) in [7, 11) is 0. The van der Waals surface area contributed by atoms with E-state index in [9.17, 15) is 39.0 Å². The molecule has 0 fully saturated rings. The number of primary amides is 2. The van der Waals surface area contributed by atoms with Crippen LogP contribution < -0.4 is 33.2 Å². The SMILES string of the molecule is NC(=O)CCC(NC(=O)C(CC(N)=O)NC(=O)C(N)Cc1ccc(O)cc1)C(=O)NC(Cc1cnc[nH]1)C(=O)O. The number of benzene rings is 1. The number of carboxylic acid groups (broad SMARTS) is 1. The van der Waals surface area contributed by atoms with Crippen molar-refractivity contribution in [3.05, 3.63) is 48.0 Å². The summed E-state index contributed by atoms with van der Waals surface area (Å²) in [6.45, 7) is 0. The smallest absolute Gasteiger partial charge is 0.326 e. The van der Waals surface area contributed by atoms with Crippen LogP contribution in [0.1, 0.15) is 30.5 Å². The molecule has 2 aromatic rings. The number of H-pyrrole nitrogens is 1. The summed E-state index contributed by atoms with van der Waals surface area (Å²) in [5, 5.41) is 25.8. The Morgan fingerprint density at radius 3 is 2.00 bits per heavy atom. The number of aromatic hydroxyl groups is 1. The number of aromatic amines is 1. The molecule has 0 radical (unpaired) electrons. The molecule has 0 aliphatic heterocycles. The van der Waals surface area contributed by atoms with Crippen LogP contribution >= 0.6 is 0 Å². The van der Waals surface area contributed by atoms with Crippen molar-refractivity contribution < 1.29 is 39.0 Å². The Kier molecular flexibility index (Phi) is 11.6. The highest BCUT2D eigenvalue weighted by molar-refractivity contribution is 5.96. The van der Waals surface area contributed by atoms with Gasteiger partial charge >= 0.3 is 5.97 Å². The van der Waals surface area contributed by atoms with Crippen molar-refractivity contribution in [3.63, 3.8) is 0 Å². The topological polar surface area (TPSA) is 286 Å². The van der Waals surface area contributed by atoms with Crippen LogP contribution in [0.5, 0.6) is 5.75 Å². The van der Waals surface area contributed by atoms with Crippen LogP contribution in [0.4, 0.5) is 0 Å². The Labute approximate surface area is 228 Å². The van der Waals surface area contributed by atoms with Gasteiger partial charge in [0.15, 0.2) is 0 Å². The molecule has 1 aromatic heterocycles. The van der Waals surface area contributed by atoms with Crippen LogP contribution in [0, 0.1) is 0 Å². The summed E-state index contributed by atoms with van der Waals surface area (Å²) in [5.41, 5.74) is 17.4. The molecule has 4 unspecified atom stereocenters. The van der Waals surface area contributed by atoms with Gasteiger partial charge in [0.25, 0.3) is 0 Å². The second kappa shape index (κ2) is 14.8. The molecule has 40 heavy (non-hydrogen) atoms. The molecule has 1 aromatic carbocycles. The summed E-state index contributed by atoms with van der Waals surface area (Å²) in [6.07, 6.45) is 1.28. The predicted octanol–water partition coefficient (Wildman–Crippen LogP) is -3.09. The number of amides is 5. The molecule has 16 nitrogen and oxygen atoms in total. The fourth-order valence-corrected chi connectivity index (χ4v) is 3.58. The molecule has 16 heteroatoms. The highest BCUT2D eigenvalue weighted by Gasteiger charge is 2.31. The molecule has 0 saturated carbocycles. The maximum atomic E-state index is 13.0. The van der Waals surface area contributed by atoms with E-state index in [0.717, 1.165) is 0 Å². The molecule has 0 spiro atoms. The first kappa shape index (κ1) is 31.2. The maximum absolute atomic E-state index is 13.0. The lowest BCUT2D eigenvalue weighted by molar-refractivity contribution is -0.142. The van der Waals surface area contributed by atoms with E-state index in [1.165, 1.54) is 24.7 Å². The number of hydrogen-bond acceptors (Lipinski definition) is 9. The van der Waals surface area contributed by atoms with E-state index >= 15 is 0 Å². The van der Waals surface area contributed by atoms with Crippen LogP contribution in [-0.4, -0.2) is 79.9 Å². The van der Waals surface area contributed by atoms with Crippen LogP contribution in [0.2, 0.25) is 0 Å². The molecule has 4 atom stereocenters. The van der Waals surface area contributed by atoms with Gasteiger partial charge in [0.05, 0.1) is 18.8 Å². The van der Waals surface area contributed by atoms with Gasteiger partial charge in [0.2, 0.25) is 29.5 Å². The van der Waals surface area contributed by atoms with Gasteiger partial charge < -0.3 is 48.3 Å². The minimum Gasteiger partial charge on any atom is -0.508 e. The molecular formula is C24H32N8O8. The standard InChI is InChI=1S/C24H32N8O8/c25-15(7-12-1-3-14(33)4-2-12)21(36)31-17(9-20(27)35)23(38)30-16(5-6-19(26)34)22(37)32-18(24(39)40)8-13-10-28-11-29-13/h1-4,10-11,15-18,33H,5-9,25H2,(H2,26,34)(H2,27,35)(H,28,29)(H,30,38)(H,31,36)(H,32,37)(H,39,40). The molecule has 0 aliphatic carbocycles. The van der Waals surface area contributed by atoms with E-state index in [4.69, 9.17) is 17.2 Å². The highest BCUT2D eigenvalue weighted by Crippen LogP contribution is 2.11. The van der Waals surface area contributed by atoms with E-state index in [0.29, 0.717) is 11.3 Å². The summed E-state index contributed by atoms with van der Waals surface area (Å²) < 4.78 is 0. The van der Waals surface area contributed by atoms with Crippen molar-refractivity contribution in [2.75, 3.05) is 0 Å². The largest absolute Gasteiger partial charge is 0.508 e. The zero-order valence-electron chi connectivity index (χ0n) is 21.3. The highest BCUT2D eigenvalue weighted by atomic mass is 16.4. The van der Waals surface area contributed by atoms with Gasteiger partial charge in [-0.1, -0.05) is 12.1 Å². The summed E-state index contributed by atoms with van der Waals surface area (Å²) >= 11 is 0. The first-order valence-corrected chi connectivity index (χ1v) is 12.1. The molecule has 0 saturated heterocycles. The third kappa shape index (κ3) is 10.4. The molecule has 12 N–H and O–H groups in total. The minimum atomic E-state index is -1.54. The first-order valence-electron chi connectivity index (χ1n) is 12.1. The number of phenolic OH excluding ortho intramolecular Hbond substituents is 1. The van der Waals surface area contributed by atoms with Crippen molar-refractivity contribution in [2.24, 2.45) is 17.2 Å². The quantitative estimate of drug-likeness (QED) is 0.0996. The van der Waals surface area contributed by atoms with Crippen molar-refractivity contribution in [2.45, 2.75) is 56.3 Å². The van der Waals surface area contributed by atoms with Crippen LogP contribution in [-0.2, 0) is 41.6 Å². The Balaban J connectivity index is 2.14. The van der Waals surface area contributed by atoms with Crippen molar-refractivity contribution in [1.82, 2.24) is 25.9 Å². The van der Waals surface area contributed by atoms with Gasteiger partial charge in [0.1, 0.15) is 23.9 Å². The number of nitrogens with two attached hydrogens (primary N) is 3. The lowest BCUT2D eigenvalue weighted by Crippen LogP contribution is -2.58. The molecule has 5 amide bonds. The van der Waals surface area contributed by atoms with Crippen molar-refractivity contribution in [3.8, 4) is 5.75 Å². The van der Waals surface area contributed by atoms with Crippen LogP contribution in [0.25, 0.3) is 0 Å². The number of aliphatic carboxylic acids is 1. The number of nitrogens with one attached hydrogen (secondary N) is 4. The van der Waals surface area contributed by atoms with Crippen LogP contribution in [0.3, 0.4) is 0 Å². The number of rotatable bonds is 16. The number of imidazole rings is 1. The van der Waals surface area contributed by atoms with Gasteiger partial charge in [-0.05, 0) is 30.5 Å². The lowest BCUT2D eigenvalue weighted by atomic mass is 10.0. The Bertz CT molecular complexity index is 1200.